The van der Waals surface area contributed by atoms with Gasteiger partial charge in [-0.3, -0.25) is 15.0 Å². The number of hydrogen-bond donors (Lipinski definition) is 1. The van der Waals surface area contributed by atoms with Crippen LogP contribution in [0.25, 0.3) is 0 Å². The van der Waals surface area contributed by atoms with Crippen LogP contribution in [0.5, 0.6) is 0 Å². The molecule has 1 N–H and O–H groups in total. The molecular formula is C11H12N4. The minimum absolute atomic E-state index is 0.0485. The molecule has 0 aromatic carbocycles. The molecule has 0 spiro atoms. The summed E-state index contributed by atoms with van der Waals surface area (Å²) in [7, 11) is 1.90. The van der Waals surface area contributed by atoms with E-state index in [1.54, 1.807) is 24.8 Å². The lowest BCUT2D eigenvalue weighted by atomic mass is 10.1. The van der Waals surface area contributed by atoms with E-state index in [1.165, 1.54) is 0 Å². The van der Waals surface area contributed by atoms with Gasteiger partial charge in [-0.15, -0.1) is 0 Å². The monoisotopic (exact) mass is 200 g/mol. The lowest BCUT2D eigenvalue weighted by Gasteiger charge is -2.14. The van der Waals surface area contributed by atoms with Crippen molar-refractivity contribution in [2.45, 2.75) is 6.04 Å². The Bertz CT molecular complexity index is 362. The fourth-order valence-electron chi connectivity index (χ4n) is 1.49. The van der Waals surface area contributed by atoms with Gasteiger partial charge >= 0.3 is 0 Å². The van der Waals surface area contributed by atoms with Gasteiger partial charge in [-0.05, 0) is 18.7 Å². The average molecular weight is 200 g/mol. The summed E-state index contributed by atoms with van der Waals surface area (Å²) in [6.07, 6.45) is 8.70. The maximum absolute atomic E-state index is 4.27. The summed E-state index contributed by atoms with van der Waals surface area (Å²) in [5, 5.41) is 3.19. The van der Waals surface area contributed by atoms with Crippen molar-refractivity contribution in [1.29, 1.82) is 0 Å². The standard InChI is InChI=1S/C11H12N4/c1-12-11(9-3-2-4-13-7-9)10-8-14-5-6-15-10/h2-8,11-12H,1H3. The third kappa shape index (κ3) is 2.16. The van der Waals surface area contributed by atoms with E-state index in [1.807, 2.05) is 25.4 Å². The molecule has 0 bridgehead atoms. The van der Waals surface area contributed by atoms with Gasteiger partial charge in [0, 0.05) is 24.8 Å². The molecule has 0 aliphatic heterocycles. The van der Waals surface area contributed by atoms with Crippen molar-refractivity contribution in [1.82, 2.24) is 20.3 Å². The number of aromatic nitrogens is 3. The van der Waals surface area contributed by atoms with Crippen molar-refractivity contribution in [3.63, 3.8) is 0 Å². The zero-order valence-corrected chi connectivity index (χ0v) is 8.46. The smallest absolute Gasteiger partial charge is 0.0801 e. The first-order valence-electron chi connectivity index (χ1n) is 4.75. The van der Waals surface area contributed by atoms with Crippen LogP contribution in [0.4, 0.5) is 0 Å². The molecule has 15 heavy (non-hydrogen) atoms. The Morgan fingerprint density at radius 3 is 2.60 bits per heavy atom. The van der Waals surface area contributed by atoms with Gasteiger partial charge in [0.05, 0.1) is 17.9 Å². The first kappa shape index (κ1) is 9.73. The molecule has 2 heterocycles. The number of nitrogens with one attached hydrogen (secondary N) is 1. The van der Waals surface area contributed by atoms with E-state index in [-0.39, 0.29) is 6.04 Å². The van der Waals surface area contributed by atoms with Crippen LogP contribution in [0.1, 0.15) is 17.3 Å². The molecule has 4 heteroatoms. The first-order valence-corrected chi connectivity index (χ1v) is 4.75. The van der Waals surface area contributed by atoms with Crippen LogP contribution in [-0.4, -0.2) is 22.0 Å². The molecule has 1 unspecified atom stereocenters. The van der Waals surface area contributed by atoms with Crippen LogP contribution in [0.2, 0.25) is 0 Å². The maximum Gasteiger partial charge on any atom is 0.0801 e. The van der Waals surface area contributed by atoms with E-state index in [9.17, 15) is 0 Å². The lowest BCUT2D eigenvalue weighted by Crippen LogP contribution is -2.19. The Morgan fingerprint density at radius 1 is 1.13 bits per heavy atom. The van der Waals surface area contributed by atoms with Gasteiger partial charge in [-0.25, -0.2) is 0 Å². The second-order valence-corrected chi connectivity index (χ2v) is 3.14. The number of hydrogen-bond acceptors (Lipinski definition) is 4. The fourth-order valence-corrected chi connectivity index (χ4v) is 1.49. The van der Waals surface area contributed by atoms with Gasteiger partial charge < -0.3 is 5.32 Å². The van der Waals surface area contributed by atoms with Gasteiger partial charge in [0.2, 0.25) is 0 Å². The second kappa shape index (κ2) is 4.61. The van der Waals surface area contributed by atoms with E-state index in [2.05, 4.69) is 20.3 Å². The molecule has 0 aliphatic carbocycles. The van der Waals surface area contributed by atoms with E-state index in [4.69, 9.17) is 0 Å². The minimum atomic E-state index is 0.0485. The third-order valence-corrected chi connectivity index (χ3v) is 2.19. The van der Waals surface area contributed by atoms with Crippen LogP contribution in [0, 0.1) is 0 Å². The van der Waals surface area contributed by atoms with Crippen molar-refractivity contribution >= 4 is 0 Å². The predicted octanol–water partition coefficient (Wildman–Crippen LogP) is 1.18. The highest BCUT2D eigenvalue weighted by atomic mass is 14.9. The van der Waals surface area contributed by atoms with E-state index in [0.717, 1.165) is 11.3 Å². The predicted molar refractivity (Wildman–Crippen MR) is 57.2 cm³/mol. The van der Waals surface area contributed by atoms with Crippen molar-refractivity contribution < 1.29 is 0 Å². The van der Waals surface area contributed by atoms with Crippen LogP contribution >= 0.6 is 0 Å². The van der Waals surface area contributed by atoms with Crippen molar-refractivity contribution in [3.8, 4) is 0 Å². The Labute approximate surface area is 88.4 Å². The fraction of sp³-hybridized carbons (Fsp3) is 0.182. The molecule has 2 aromatic rings. The second-order valence-electron chi connectivity index (χ2n) is 3.14. The summed E-state index contributed by atoms with van der Waals surface area (Å²) in [5.74, 6) is 0. The molecule has 0 saturated heterocycles. The Morgan fingerprint density at radius 2 is 2.00 bits per heavy atom. The molecule has 0 aliphatic rings. The summed E-state index contributed by atoms with van der Waals surface area (Å²) in [4.78, 5) is 12.4. The third-order valence-electron chi connectivity index (χ3n) is 2.19. The zero-order valence-electron chi connectivity index (χ0n) is 8.46. The van der Waals surface area contributed by atoms with Crippen molar-refractivity contribution in [2.75, 3.05) is 7.05 Å². The number of pyridine rings is 1. The Kier molecular flexibility index (Phi) is 2.99. The summed E-state index contributed by atoms with van der Waals surface area (Å²) in [5.41, 5.74) is 1.98. The molecule has 0 fully saturated rings. The summed E-state index contributed by atoms with van der Waals surface area (Å²) >= 11 is 0. The average Bonchev–Trinajstić information content (AvgIpc) is 2.33. The highest BCUT2D eigenvalue weighted by Gasteiger charge is 2.12. The largest absolute Gasteiger partial charge is 0.308 e. The molecule has 4 nitrogen and oxygen atoms in total. The minimum Gasteiger partial charge on any atom is -0.308 e. The number of rotatable bonds is 3. The topological polar surface area (TPSA) is 50.7 Å². The van der Waals surface area contributed by atoms with Gasteiger partial charge in [-0.1, -0.05) is 6.07 Å². The molecule has 0 saturated carbocycles. The summed E-state index contributed by atoms with van der Waals surface area (Å²) in [6.45, 7) is 0. The highest BCUT2D eigenvalue weighted by Crippen LogP contribution is 2.17. The molecule has 2 aromatic heterocycles. The molecule has 1 atom stereocenters. The molecular weight excluding hydrogens is 188 g/mol. The summed E-state index contributed by atoms with van der Waals surface area (Å²) < 4.78 is 0. The van der Waals surface area contributed by atoms with E-state index < -0.39 is 0 Å². The van der Waals surface area contributed by atoms with Crippen molar-refractivity contribution in [3.05, 3.63) is 54.4 Å². The zero-order chi connectivity index (χ0) is 10.5. The number of nitrogens with zero attached hydrogens (tertiary/aromatic N) is 3. The van der Waals surface area contributed by atoms with Gasteiger partial charge in [0.25, 0.3) is 0 Å². The molecule has 76 valence electrons. The van der Waals surface area contributed by atoms with Gasteiger partial charge in [0.15, 0.2) is 0 Å². The Balaban J connectivity index is 2.34. The quantitative estimate of drug-likeness (QED) is 0.808. The first-order chi connectivity index (χ1) is 7.42. The summed E-state index contributed by atoms with van der Waals surface area (Å²) in [6, 6.07) is 3.98. The van der Waals surface area contributed by atoms with Crippen molar-refractivity contribution in [2.24, 2.45) is 0 Å². The highest BCUT2D eigenvalue weighted by molar-refractivity contribution is 5.23. The van der Waals surface area contributed by atoms with Gasteiger partial charge in [0.1, 0.15) is 0 Å². The van der Waals surface area contributed by atoms with Crippen LogP contribution in [0.3, 0.4) is 0 Å². The normalized spacial score (nSPS) is 12.3. The SMILES string of the molecule is CNC(c1cccnc1)c1cnccn1. The Hall–Kier alpha value is -1.81. The van der Waals surface area contributed by atoms with E-state index in [0.29, 0.717) is 0 Å². The van der Waals surface area contributed by atoms with Crippen LogP contribution < -0.4 is 5.32 Å². The molecule has 0 amide bonds. The van der Waals surface area contributed by atoms with Crippen LogP contribution in [0.15, 0.2) is 43.1 Å². The molecule has 0 radical (unpaired) electrons. The van der Waals surface area contributed by atoms with E-state index >= 15 is 0 Å². The lowest BCUT2D eigenvalue weighted by molar-refractivity contribution is 0.664. The maximum atomic E-state index is 4.27. The van der Waals surface area contributed by atoms with Crippen LogP contribution in [-0.2, 0) is 0 Å². The molecule has 2 rings (SSSR count). The van der Waals surface area contributed by atoms with Gasteiger partial charge in [-0.2, -0.15) is 0 Å².